The Bertz CT molecular complexity index is 438. The largest absolute Gasteiger partial charge is 0.440 e. The Morgan fingerprint density at radius 2 is 2.40 bits per heavy atom. The number of oxazole rings is 1. The van der Waals surface area contributed by atoms with E-state index in [1.807, 2.05) is 19.2 Å². The van der Waals surface area contributed by atoms with E-state index in [2.05, 4.69) is 26.2 Å². The molecule has 2 rings (SSSR count). The van der Waals surface area contributed by atoms with Crippen molar-refractivity contribution in [1.29, 1.82) is 0 Å². The number of halogens is 1. The monoisotopic (exact) mass is 286 g/mol. The summed E-state index contributed by atoms with van der Waals surface area (Å²) in [5, 5.41) is 3.06. The predicted octanol–water partition coefficient (Wildman–Crippen LogP) is 2.93. The summed E-state index contributed by atoms with van der Waals surface area (Å²) in [6.07, 6.45) is 2.60. The van der Waals surface area contributed by atoms with E-state index in [-0.39, 0.29) is 0 Å². The average molecular weight is 287 g/mol. The van der Waals surface area contributed by atoms with Gasteiger partial charge in [-0.15, -0.1) is 11.3 Å². The van der Waals surface area contributed by atoms with E-state index in [0.717, 1.165) is 33.3 Å². The molecule has 3 nitrogen and oxygen atoms in total. The third-order valence-electron chi connectivity index (χ3n) is 1.96. The quantitative estimate of drug-likeness (QED) is 0.939. The van der Waals surface area contributed by atoms with Gasteiger partial charge in [0.15, 0.2) is 11.7 Å². The van der Waals surface area contributed by atoms with Gasteiger partial charge in [-0.1, -0.05) is 0 Å². The van der Waals surface area contributed by atoms with Gasteiger partial charge in [-0.25, -0.2) is 4.98 Å². The van der Waals surface area contributed by atoms with Crippen LogP contribution in [0.3, 0.4) is 0 Å². The molecule has 0 aliphatic rings. The minimum absolute atomic E-state index is 0.781. The highest BCUT2D eigenvalue weighted by Crippen LogP contribution is 2.31. The van der Waals surface area contributed by atoms with Crippen LogP contribution in [-0.2, 0) is 6.42 Å². The second-order valence-electron chi connectivity index (χ2n) is 3.08. The number of rotatable bonds is 4. The van der Waals surface area contributed by atoms with Crippen molar-refractivity contribution in [1.82, 2.24) is 10.3 Å². The molecule has 0 aromatic carbocycles. The summed E-state index contributed by atoms with van der Waals surface area (Å²) >= 11 is 5.07. The van der Waals surface area contributed by atoms with Gasteiger partial charge in [0, 0.05) is 13.0 Å². The van der Waals surface area contributed by atoms with Gasteiger partial charge in [-0.3, -0.25) is 0 Å². The molecule has 5 heteroatoms. The third-order valence-corrected chi connectivity index (χ3v) is 3.60. The van der Waals surface area contributed by atoms with Crippen LogP contribution in [0.2, 0.25) is 0 Å². The molecule has 0 saturated carbocycles. The van der Waals surface area contributed by atoms with Gasteiger partial charge >= 0.3 is 0 Å². The fraction of sp³-hybridized carbons (Fsp3) is 0.300. The number of nitrogens with zero attached hydrogens (tertiary/aromatic N) is 1. The Morgan fingerprint density at radius 1 is 1.53 bits per heavy atom. The van der Waals surface area contributed by atoms with Crippen molar-refractivity contribution in [3.05, 3.63) is 28.0 Å². The minimum atomic E-state index is 0.781. The molecule has 80 valence electrons. The standard InChI is InChI=1S/C10H11BrN2OS/c1-12-5-4-10-13-6-7(14-10)8-2-3-9(11)15-8/h2-3,6,12H,4-5H2,1H3. The maximum Gasteiger partial charge on any atom is 0.196 e. The van der Waals surface area contributed by atoms with Crippen LogP contribution in [0.25, 0.3) is 10.6 Å². The first-order chi connectivity index (χ1) is 7.29. The van der Waals surface area contributed by atoms with Crippen molar-refractivity contribution in [3.63, 3.8) is 0 Å². The van der Waals surface area contributed by atoms with Gasteiger partial charge in [0.2, 0.25) is 0 Å². The molecule has 0 aliphatic heterocycles. The first-order valence-electron chi connectivity index (χ1n) is 4.64. The molecule has 0 bridgehead atoms. The fourth-order valence-electron chi connectivity index (χ4n) is 1.22. The van der Waals surface area contributed by atoms with Gasteiger partial charge in [-0.05, 0) is 35.1 Å². The van der Waals surface area contributed by atoms with E-state index in [4.69, 9.17) is 4.42 Å². The van der Waals surface area contributed by atoms with Gasteiger partial charge in [-0.2, -0.15) is 0 Å². The molecular formula is C10H11BrN2OS. The molecule has 0 radical (unpaired) electrons. The molecule has 2 aromatic heterocycles. The Morgan fingerprint density at radius 3 is 3.07 bits per heavy atom. The lowest BCUT2D eigenvalue weighted by Gasteiger charge is -1.93. The number of nitrogens with one attached hydrogen (secondary N) is 1. The van der Waals surface area contributed by atoms with Crippen LogP contribution >= 0.6 is 27.3 Å². The molecule has 0 atom stereocenters. The van der Waals surface area contributed by atoms with Gasteiger partial charge in [0.25, 0.3) is 0 Å². The zero-order valence-corrected chi connectivity index (χ0v) is 10.7. The summed E-state index contributed by atoms with van der Waals surface area (Å²) in [5.74, 6) is 1.63. The summed E-state index contributed by atoms with van der Waals surface area (Å²) in [5.41, 5.74) is 0. The van der Waals surface area contributed by atoms with Gasteiger partial charge in [0.1, 0.15) is 0 Å². The van der Waals surface area contributed by atoms with Crippen molar-refractivity contribution in [3.8, 4) is 10.6 Å². The molecule has 0 saturated heterocycles. The van der Waals surface area contributed by atoms with E-state index in [1.54, 1.807) is 17.5 Å². The molecule has 0 amide bonds. The van der Waals surface area contributed by atoms with Crippen LogP contribution in [0, 0.1) is 0 Å². The van der Waals surface area contributed by atoms with Crippen LogP contribution in [0.5, 0.6) is 0 Å². The molecule has 0 fully saturated rings. The Hall–Kier alpha value is -0.650. The molecular weight excluding hydrogens is 276 g/mol. The van der Waals surface area contributed by atoms with E-state index in [0.29, 0.717) is 0 Å². The number of hydrogen-bond acceptors (Lipinski definition) is 4. The van der Waals surface area contributed by atoms with Crippen molar-refractivity contribution in [2.75, 3.05) is 13.6 Å². The molecule has 2 heterocycles. The molecule has 0 unspecified atom stereocenters. The third kappa shape index (κ3) is 2.68. The first-order valence-corrected chi connectivity index (χ1v) is 6.25. The minimum Gasteiger partial charge on any atom is -0.440 e. The lowest BCUT2D eigenvalue weighted by atomic mass is 10.4. The summed E-state index contributed by atoms with van der Waals surface area (Å²) in [4.78, 5) is 5.33. The van der Waals surface area contributed by atoms with E-state index < -0.39 is 0 Å². The van der Waals surface area contributed by atoms with Crippen LogP contribution in [-0.4, -0.2) is 18.6 Å². The Balaban J connectivity index is 2.13. The molecule has 0 aliphatic carbocycles. The predicted molar refractivity (Wildman–Crippen MR) is 65.1 cm³/mol. The number of thiophene rings is 1. The maximum atomic E-state index is 5.62. The van der Waals surface area contributed by atoms with Crippen molar-refractivity contribution >= 4 is 27.3 Å². The smallest absolute Gasteiger partial charge is 0.196 e. The molecule has 15 heavy (non-hydrogen) atoms. The summed E-state index contributed by atoms with van der Waals surface area (Å²) in [6, 6.07) is 4.03. The van der Waals surface area contributed by atoms with Gasteiger partial charge in [0.05, 0.1) is 14.9 Å². The zero-order chi connectivity index (χ0) is 10.7. The SMILES string of the molecule is CNCCc1ncc(-c2ccc(Br)s2)o1. The molecule has 1 N–H and O–H groups in total. The summed E-state index contributed by atoms with van der Waals surface area (Å²) in [7, 11) is 1.92. The number of aromatic nitrogens is 1. The van der Waals surface area contributed by atoms with Crippen LogP contribution in [0.4, 0.5) is 0 Å². The highest BCUT2D eigenvalue weighted by molar-refractivity contribution is 9.11. The second kappa shape index (κ2) is 4.92. The van der Waals surface area contributed by atoms with Crippen LogP contribution in [0.1, 0.15) is 5.89 Å². The number of likely N-dealkylation sites (N-methyl/N-ethyl adjacent to an activating group) is 1. The Kier molecular flexibility index (Phi) is 3.56. The summed E-state index contributed by atoms with van der Waals surface area (Å²) < 4.78 is 6.73. The lowest BCUT2D eigenvalue weighted by molar-refractivity contribution is 0.501. The fourth-order valence-corrected chi connectivity index (χ4v) is 2.55. The first kappa shape index (κ1) is 10.9. The second-order valence-corrected chi connectivity index (χ2v) is 5.54. The normalized spacial score (nSPS) is 10.8. The number of hydrogen-bond donors (Lipinski definition) is 1. The van der Waals surface area contributed by atoms with Crippen LogP contribution in [0.15, 0.2) is 26.5 Å². The van der Waals surface area contributed by atoms with Crippen molar-refractivity contribution < 1.29 is 4.42 Å². The summed E-state index contributed by atoms with van der Waals surface area (Å²) in [6.45, 7) is 0.883. The van der Waals surface area contributed by atoms with E-state index in [1.165, 1.54) is 0 Å². The highest BCUT2D eigenvalue weighted by atomic mass is 79.9. The van der Waals surface area contributed by atoms with E-state index in [9.17, 15) is 0 Å². The van der Waals surface area contributed by atoms with Crippen LogP contribution < -0.4 is 5.32 Å². The topological polar surface area (TPSA) is 38.1 Å². The average Bonchev–Trinajstić information content (AvgIpc) is 2.83. The maximum absolute atomic E-state index is 5.62. The van der Waals surface area contributed by atoms with Gasteiger partial charge < -0.3 is 9.73 Å². The zero-order valence-electron chi connectivity index (χ0n) is 8.29. The Labute approximate surface area is 101 Å². The lowest BCUT2D eigenvalue weighted by Crippen LogP contribution is -2.10. The van der Waals surface area contributed by atoms with Crippen molar-refractivity contribution in [2.45, 2.75) is 6.42 Å². The van der Waals surface area contributed by atoms with E-state index >= 15 is 0 Å². The highest BCUT2D eigenvalue weighted by Gasteiger charge is 2.07. The molecule has 0 spiro atoms. The van der Waals surface area contributed by atoms with Crippen molar-refractivity contribution in [2.24, 2.45) is 0 Å². The molecule has 2 aromatic rings.